The van der Waals surface area contributed by atoms with Crippen LogP contribution in [0.5, 0.6) is 0 Å². The quantitative estimate of drug-likeness (QED) is 0.721. The maximum absolute atomic E-state index is 11.6. The molecule has 0 unspecified atom stereocenters. The molecule has 5 heteroatoms. The van der Waals surface area contributed by atoms with Crippen LogP contribution in [0.3, 0.4) is 0 Å². The molecule has 3 aromatic rings. The first kappa shape index (κ1) is 18.3. The molecule has 144 valence electrons. The fourth-order valence-corrected chi connectivity index (χ4v) is 3.82. The number of benzene rings is 2. The fraction of sp³-hybridized carbons (Fsp3) is 0.261. The Hall–Kier alpha value is -3.05. The summed E-state index contributed by atoms with van der Waals surface area (Å²) in [5.41, 5.74) is 4.30. The summed E-state index contributed by atoms with van der Waals surface area (Å²) in [4.78, 5) is 18.7. The van der Waals surface area contributed by atoms with Gasteiger partial charge in [-0.3, -0.25) is 4.90 Å². The second-order valence-corrected chi connectivity index (χ2v) is 7.19. The van der Waals surface area contributed by atoms with Crippen molar-refractivity contribution in [3.05, 3.63) is 83.7 Å². The number of hydrogen-bond acceptors (Lipinski definition) is 3. The van der Waals surface area contributed by atoms with Crippen molar-refractivity contribution in [2.45, 2.75) is 19.4 Å². The number of amides is 1. The number of nitrogens with zero attached hydrogens (tertiary/aromatic N) is 2. The van der Waals surface area contributed by atoms with Crippen molar-refractivity contribution in [1.29, 1.82) is 0 Å². The average Bonchev–Trinajstić information content (AvgIpc) is 3.15. The van der Waals surface area contributed by atoms with E-state index in [0.717, 1.165) is 37.3 Å². The highest BCUT2D eigenvalue weighted by atomic mass is 16.4. The summed E-state index contributed by atoms with van der Waals surface area (Å²) in [5, 5.41) is 12.9. The highest BCUT2D eigenvalue weighted by Gasteiger charge is 2.18. The minimum absolute atomic E-state index is 0.338. The summed E-state index contributed by atoms with van der Waals surface area (Å²) >= 11 is 0. The van der Waals surface area contributed by atoms with Gasteiger partial charge in [0.25, 0.3) is 0 Å². The van der Waals surface area contributed by atoms with Crippen LogP contribution in [0.15, 0.2) is 72.6 Å². The molecule has 0 radical (unpaired) electrons. The molecular weight excluding hydrogens is 350 g/mol. The van der Waals surface area contributed by atoms with Crippen LogP contribution in [0.4, 0.5) is 4.79 Å². The van der Waals surface area contributed by atoms with Gasteiger partial charge in [-0.15, -0.1) is 0 Å². The van der Waals surface area contributed by atoms with Crippen molar-refractivity contribution in [1.82, 2.24) is 14.8 Å². The van der Waals surface area contributed by atoms with Crippen LogP contribution in [-0.2, 0) is 13.0 Å². The van der Waals surface area contributed by atoms with Crippen LogP contribution in [0.2, 0.25) is 0 Å². The third-order valence-corrected chi connectivity index (χ3v) is 5.39. The van der Waals surface area contributed by atoms with E-state index >= 15 is 0 Å². The highest BCUT2D eigenvalue weighted by molar-refractivity contribution is 5.83. The van der Waals surface area contributed by atoms with Gasteiger partial charge in [-0.05, 0) is 23.6 Å². The maximum atomic E-state index is 11.6. The van der Waals surface area contributed by atoms with Gasteiger partial charge in [-0.25, -0.2) is 0 Å². The number of carboxylic acid groups (broad SMARTS) is 1. The van der Waals surface area contributed by atoms with Gasteiger partial charge in [0.05, 0.1) is 0 Å². The number of carbonyl (C=O) groups excluding carboxylic acids is 1. The molecule has 5 nitrogen and oxygen atoms in total. The van der Waals surface area contributed by atoms with E-state index in [4.69, 9.17) is 0 Å². The summed E-state index contributed by atoms with van der Waals surface area (Å²) < 4.78 is 0. The van der Waals surface area contributed by atoms with Crippen molar-refractivity contribution in [3.8, 4) is 0 Å². The molecule has 0 spiro atoms. The molecule has 0 bridgehead atoms. The van der Waals surface area contributed by atoms with Gasteiger partial charge in [-0.2, -0.15) is 0 Å². The van der Waals surface area contributed by atoms with Crippen molar-refractivity contribution in [3.63, 3.8) is 0 Å². The minimum Gasteiger partial charge on any atom is -0.530 e. The predicted molar refractivity (Wildman–Crippen MR) is 109 cm³/mol. The second kappa shape index (κ2) is 8.31. The number of para-hydroxylation sites is 1. The molecule has 2 aromatic carbocycles. The Morgan fingerprint density at radius 1 is 1.11 bits per heavy atom. The highest BCUT2D eigenvalue weighted by Crippen LogP contribution is 2.21. The second-order valence-electron chi connectivity index (χ2n) is 7.19. The van der Waals surface area contributed by atoms with Gasteiger partial charge >= 0.3 is 0 Å². The molecule has 0 saturated carbocycles. The zero-order valence-electron chi connectivity index (χ0n) is 15.8. The summed E-state index contributed by atoms with van der Waals surface area (Å²) in [6.45, 7) is 2.91. The molecule has 0 fully saturated rings. The van der Waals surface area contributed by atoms with Crippen LogP contribution in [0, 0.1) is 0 Å². The number of rotatable bonds is 6. The molecule has 0 aliphatic carbocycles. The standard InChI is InChI=1S/C23H25N3O2/c27-23(28)26(17-18-6-2-1-3-7-18)20-11-14-25(15-12-20)13-10-19-16-24-22-9-5-4-8-21(19)22/h1-9,11,16,24H,10,12-15,17H2,(H,27,28)/p-1. The average molecular weight is 374 g/mol. The van der Waals surface area contributed by atoms with Gasteiger partial charge < -0.3 is 19.8 Å². The molecule has 2 heterocycles. The van der Waals surface area contributed by atoms with Crippen LogP contribution >= 0.6 is 0 Å². The van der Waals surface area contributed by atoms with Crippen molar-refractivity contribution >= 4 is 17.0 Å². The van der Waals surface area contributed by atoms with Crippen molar-refractivity contribution in [2.75, 3.05) is 19.6 Å². The molecule has 0 saturated heterocycles. The molecule has 1 N–H and O–H groups in total. The SMILES string of the molecule is O=C([O-])N(Cc1ccccc1)C1=CCN(CCc2c[nH]c3ccccc23)CC1. The van der Waals surface area contributed by atoms with E-state index in [9.17, 15) is 9.90 Å². The molecule has 28 heavy (non-hydrogen) atoms. The van der Waals surface area contributed by atoms with Crippen LogP contribution < -0.4 is 5.11 Å². The van der Waals surface area contributed by atoms with Gasteiger partial charge in [0.15, 0.2) is 0 Å². The van der Waals surface area contributed by atoms with E-state index in [1.54, 1.807) is 0 Å². The third-order valence-electron chi connectivity index (χ3n) is 5.39. The Bertz CT molecular complexity index is 978. The Balaban J connectivity index is 1.37. The maximum Gasteiger partial charge on any atom is 0.141 e. The van der Waals surface area contributed by atoms with Crippen LogP contribution in [-0.4, -0.2) is 40.5 Å². The zero-order valence-corrected chi connectivity index (χ0v) is 15.8. The van der Waals surface area contributed by atoms with Crippen LogP contribution in [0.25, 0.3) is 10.9 Å². The van der Waals surface area contributed by atoms with E-state index in [1.165, 1.54) is 21.4 Å². The lowest BCUT2D eigenvalue weighted by Gasteiger charge is -2.33. The normalized spacial score (nSPS) is 14.8. The third kappa shape index (κ3) is 4.10. The summed E-state index contributed by atoms with van der Waals surface area (Å²) in [7, 11) is 0. The topological polar surface area (TPSA) is 62.4 Å². The lowest BCUT2D eigenvalue weighted by Crippen LogP contribution is -2.43. The largest absolute Gasteiger partial charge is 0.530 e. The lowest BCUT2D eigenvalue weighted by molar-refractivity contribution is -0.264. The first-order chi connectivity index (χ1) is 13.7. The fourth-order valence-electron chi connectivity index (χ4n) is 3.82. The Kier molecular flexibility index (Phi) is 5.44. The van der Waals surface area contributed by atoms with Crippen molar-refractivity contribution in [2.24, 2.45) is 0 Å². The lowest BCUT2D eigenvalue weighted by atomic mass is 10.1. The summed E-state index contributed by atoms with van der Waals surface area (Å²) in [6, 6.07) is 18.0. The summed E-state index contributed by atoms with van der Waals surface area (Å²) in [5.74, 6) is 0. The number of carbonyl (C=O) groups is 1. The molecule has 1 aliphatic rings. The molecular formula is C23H24N3O2-. The van der Waals surface area contributed by atoms with E-state index in [-0.39, 0.29) is 0 Å². The van der Waals surface area contributed by atoms with Gasteiger partial charge in [-0.1, -0.05) is 54.6 Å². The first-order valence-corrected chi connectivity index (χ1v) is 9.69. The number of H-pyrrole nitrogens is 1. The molecule has 1 aromatic heterocycles. The van der Waals surface area contributed by atoms with E-state index in [2.05, 4.69) is 34.3 Å². The number of aromatic nitrogens is 1. The van der Waals surface area contributed by atoms with Crippen LogP contribution in [0.1, 0.15) is 17.5 Å². The Morgan fingerprint density at radius 2 is 1.89 bits per heavy atom. The Morgan fingerprint density at radius 3 is 2.64 bits per heavy atom. The first-order valence-electron chi connectivity index (χ1n) is 9.69. The number of nitrogens with one attached hydrogen (secondary N) is 1. The summed E-state index contributed by atoms with van der Waals surface area (Å²) in [6.07, 6.45) is 4.67. The predicted octanol–water partition coefficient (Wildman–Crippen LogP) is 3.15. The van der Waals surface area contributed by atoms with Gasteiger partial charge in [0, 0.05) is 55.4 Å². The monoisotopic (exact) mass is 374 g/mol. The molecule has 4 rings (SSSR count). The van der Waals surface area contributed by atoms with E-state index in [0.29, 0.717) is 13.0 Å². The number of aromatic amines is 1. The number of fused-ring (bicyclic) bond motifs is 1. The van der Waals surface area contributed by atoms with Gasteiger partial charge in [0.1, 0.15) is 6.09 Å². The molecule has 1 aliphatic heterocycles. The van der Waals surface area contributed by atoms with E-state index < -0.39 is 6.09 Å². The number of hydrogen-bond donors (Lipinski definition) is 1. The van der Waals surface area contributed by atoms with Crippen molar-refractivity contribution < 1.29 is 9.90 Å². The molecule has 1 amide bonds. The molecule has 0 atom stereocenters. The zero-order chi connectivity index (χ0) is 19.3. The smallest absolute Gasteiger partial charge is 0.141 e. The Labute approximate surface area is 164 Å². The minimum atomic E-state index is -1.14. The van der Waals surface area contributed by atoms with E-state index in [1.807, 2.05) is 42.5 Å². The van der Waals surface area contributed by atoms with Gasteiger partial charge in [0.2, 0.25) is 0 Å².